The number of sulfonamides is 1. The highest BCUT2D eigenvalue weighted by atomic mass is 32.2. The maximum absolute atomic E-state index is 12.1. The SMILES string of the molecule is Cc1ccc(C)c(N2CCN(C[C@@H](O)c3ccc4c(c3)CCCN4S(C)(=O)=O)CC2)c1. The average Bonchev–Trinajstić information content (AvgIpc) is 2.74. The van der Waals surface area contributed by atoms with E-state index < -0.39 is 16.1 Å². The van der Waals surface area contributed by atoms with E-state index in [1.165, 1.54) is 27.4 Å². The van der Waals surface area contributed by atoms with Crippen molar-refractivity contribution in [1.82, 2.24) is 4.90 Å². The predicted octanol–water partition coefficient (Wildman–Crippen LogP) is 2.87. The number of nitrogens with zero attached hydrogens (tertiary/aromatic N) is 3. The standard InChI is InChI=1S/C24H33N3O3S/c1-18-6-7-19(2)23(15-18)26-13-11-25(12-14-26)17-24(28)21-8-9-22-20(16-21)5-4-10-27(22)31(3,29)30/h6-9,15-16,24,28H,4-5,10-14,17H2,1-3H3/t24-/m1/s1. The van der Waals surface area contributed by atoms with Gasteiger partial charge in [-0.1, -0.05) is 24.3 Å². The molecule has 4 rings (SSSR count). The maximum atomic E-state index is 12.1. The van der Waals surface area contributed by atoms with Gasteiger partial charge in [0.2, 0.25) is 10.0 Å². The summed E-state index contributed by atoms with van der Waals surface area (Å²) in [6, 6.07) is 12.3. The number of benzene rings is 2. The van der Waals surface area contributed by atoms with Crippen LogP contribution < -0.4 is 9.21 Å². The number of aliphatic hydroxyl groups is 1. The van der Waals surface area contributed by atoms with Gasteiger partial charge in [-0.3, -0.25) is 9.21 Å². The highest BCUT2D eigenvalue weighted by molar-refractivity contribution is 7.92. The van der Waals surface area contributed by atoms with E-state index in [0.29, 0.717) is 13.1 Å². The van der Waals surface area contributed by atoms with Crippen molar-refractivity contribution in [2.45, 2.75) is 32.8 Å². The second kappa shape index (κ2) is 8.81. The van der Waals surface area contributed by atoms with Crippen LogP contribution in [0.5, 0.6) is 0 Å². The first-order valence-corrected chi connectivity index (χ1v) is 12.9. The van der Waals surface area contributed by atoms with Gasteiger partial charge in [-0.2, -0.15) is 0 Å². The second-order valence-corrected chi connectivity index (χ2v) is 10.8. The topological polar surface area (TPSA) is 64.1 Å². The van der Waals surface area contributed by atoms with E-state index in [2.05, 4.69) is 41.8 Å². The Kier molecular flexibility index (Phi) is 6.28. The molecule has 0 spiro atoms. The fourth-order valence-electron chi connectivity index (χ4n) is 4.72. The minimum absolute atomic E-state index is 0.526. The zero-order valence-electron chi connectivity index (χ0n) is 18.7. The van der Waals surface area contributed by atoms with Crippen LogP contribution in [-0.2, 0) is 16.4 Å². The fraction of sp³-hybridized carbons (Fsp3) is 0.500. The zero-order valence-corrected chi connectivity index (χ0v) is 19.5. The van der Waals surface area contributed by atoms with Crippen LogP contribution >= 0.6 is 0 Å². The Morgan fingerprint density at radius 2 is 1.71 bits per heavy atom. The summed E-state index contributed by atoms with van der Waals surface area (Å²) in [5.74, 6) is 0. The van der Waals surface area contributed by atoms with Gasteiger partial charge in [-0.15, -0.1) is 0 Å². The van der Waals surface area contributed by atoms with Gasteiger partial charge in [0.15, 0.2) is 0 Å². The number of anilines is 2. The van der Waals surface area contributed by atoms with Crippen LogP contribution in [0.15, 0.2) is 36.4 Å². The minimum Gasteiger partial charge on any atom is -0.387 e. The van der Waals surface area contributed by atoms with E-state index in [4.69, 9.17) is 0 Å². The quantitative estimate of drug-likeness (QED) is 0.770. The van der Waals surface area contributed by atoms with Gasteiger partial charge in [0.25, 0.3) is 0 Å². The van der Waals surface area contributed by atoms with Crippen LogP contribution in [0.1, 0.15) is 34.8 Å². The lowest BCUT2D eigenvalue weighted by atomic mass is 9.98. The van der Waals surface area contributed by atoms with Crippen molar-refractivity contribution in [2.75, 3.05) is 54.7 Å². The van der Waals surface area contributed by atoms with Gasteiger partial charge in [-0.05, 0) is 61.1 Å². The van der Waals surface area contributed by atoms with E-state index in [9.17, 15) is 13.5 Å². The van der Waals surface area contributed by atoms with Crippen LogP contribution in [-0.4, -0.2) is 63.9 Å². The molecule has 31 heavy (non-hydrogen) atoms. The van der Waals surface area contributed by atoms with Gasteiger partial charge in [-0.25, -0.2) is 8.42 Å². The molecular weight excluding hydrogens is 410 g/mol. The van der Waals surface area contributed by atoms with Crippen LogP contribution in [0, 0.1) is 13.8 Å². The normalized spacial score (nSPS) is 18.7. The summed E-state index contributed by atoms with van der Waals surface area (Å²) in [5.41, 5.74) is 6.52. The van der Waals surface area contributed by atoms with Crippen molar-refractivity contribution >= 4 is 21.4 Å². The lowest BCUT2D eigenvalue weighted by Gasteiger charge is -2.38. The van der Waals surface area contributed by atoms with Gasteiger partial charge < -0.3 is 10.0 Å². The number of β-amino-alcohol motifs (C(OH)–C–C–N with tert-alkyl or cyclic N) is 1. The molecule has 0 unspecified atom stereocenters. The van der Waals surface area contributed by atoms with Crippen LogP contribution in [0.3, 0.4) is 0 Å². The number of hydrogen-bond acceptors (Lipinski definition) is 5. The summed E-state index contributed by atoms with van der Waals surface area (Å²) < 4.78 is 25.6. The smallest absolute Gasteiger partial charge is 0.232 e. The summed E-state index contributed by atoms with van der Waals surface area (Å²) in [7, 11) is -3.27. The van der Waals surface area contributed by atoms with Crippen LogP contribution in [0.2, 0.25) is 0 Å². The minimum atomic E-state index is -3.27. The zero-order chi connectivity index (χ0) is 22.2. The Bertz CT molecular complexity index is 1050. The summed E-state index contributed by atoms with van der Waals surface area (Å²) in [6.07, 6.45) is 2.32. The van der Waals surface area contributed by atoms with Gasteiger partial charge >= 0.3 is 0 Å². The number of rotatable bonds is 5. The summed E-state index contributed by atoms with van der Waals surface area (Å²) in [5, 5.41) is 10.9. The van der Waals surface area contributed by atoms with Crippen molar-refractivity contribution in [2.24, 2.45) is 0 Å². The van der Waals surface area contributed by atoms with Crippen molar-refractivity contribution < 1.29 is 13.5 Å². The first-order valence-electron chi connectivity index (χ1n) is 11.1. The van der Waals surface area contributed by atoms with Crippen molar-refractivity contribution in [3.8, 4) is 0 Å². The number of hydrogen-bond donors (Lipinski definition) is 1. The molecule has 168 valence electrons. The summed E-state index contributed by atoms with van der Waals surface area (Å²) in [4.78, 5) is 4.75. The van der Waals surface area contributed by atoms with E-state index in [-0.39, 0.29) is 0 Å². The highest BCUT2D eigenvalue weighted by Gasteiger charge is 2.26. The molecule has 1 atom stereocenters. The first-order chi connectivity index (χ1) is 14.7. The Balaban J connectivity index is 1.39. The highest BCUT2D eigenvalue weighted by Crippen LogP contribution is 2.32. The lowest BCUT2D eigenvalue weighted by molar-refractivity contribution is 0.109. The van der Waals surface area contributed by atoms with Gasteiger partial charge in [0.1, 0.15) is 0 Å². The largest absolute Gasteiger partial charge is 0.387 e. The molecule has 2 aliphatic rings. The van der Waals surface area contributed by atoms with Crippen molar-refractivity contribution in [1.29, 1.82) is 0 Å². The number of aryl methyl sites for hydroxylation is 3. The number of piperazine rings is 1. The Morgan fingerprint density at radius 1 is 0.968 bits per heavy atom. The molecule has 0 radical (unpaired) electrons. The molecule has 1 fully saturated rings. The molecule has 0 aliphatic carbocycles. The third-order valence-corrected chi connectivity index (χ3v) is 7.65. The molecule has 7 heteroatoms. The molecule has 1 saturated heterocycles. The number of fused-ring (bicyclic) bond motifs is 1. The van der Waals surface area contributed by atoms with Gasteiger partial charge in [0.05, 0.1) is 18.0 Å². The van der Waals surface area contributed by atoms with Crippen molar-refractivity contribution in [3.05, 3.63) is 58.7 Å². The molecule has 0 saturated carbocycles. The van der Waals surface area contributed by atoms with Crippen LogP contribution in [0.4, 0.5) is 11.4 Å². The third kappa shape index (κ3) is 4.89. The molecule has 0 amide bonds. The molecular formula is C24H33N3O3S. The molecule has 6 nitrogen and oxygen atoms in total. The second-order valence-electron chi connectivity index (χ2n) is 8.92. The Morgan fingerprint density at radius 3 is 2.42 bits per heavy atom. The molecule has 2 aromatic rings. The molecule has 2 aliphatic heterocycles. The lowest BCUT2D eigenvalue weighted by Crippen LogP contribution is -2.47. The molecule has 0 aromatic heterocycles. The molecule has 2 heterocycles. The van der Waals surface area contributed by atoms with Crippen molar-refractivity contribution in [3.63, 3.8) is 0 Å². The maximum Gasteiger partial charge on any atom is 0.232 e. The summed E-state index contributed by atoms with van der Waals surface area (Å²) in [6.45, 7) is 9.13. The average molecular weight is 444 g/mol. The Labute approximate surface area is 186 Å². The molecule has 0 bridgehead atoms. The summed E-state index contributed by atoms with van der Waals surface area (Å²) >= 11 is 0. The molecule has 1 N–H and O–H groups in total. The van der Waals surface area contributed by atoms with E-state index in [1.807, 2.05) is 18.2 Å². The monoisotopic (exact) mass is 443 g/mol. The van der Waals surface area contributed by atoms with Gasteiger partial charge in [0, 0.05) is 45.0 Å². The van der Waals surface area contributed by atoms with E-state index in [1.54, 1.807) is 0 Å². The van der Waals surface area contributed by atoms with Crippen LogP contribution in [0.25, 0.3) is 0 Å². The fourth-order valence-corrected chi connectivity index (χ4v) is 5.71. The van der Waals surface area contributed by atoms with E-state index in [0.717, 1.165) is 55.8 Å². The predicted molar refractivity (Wildman–Crippen MR) is 126 cm³/mol. The third-order valence-electron chi connectivity index (χ3n) is 6.47. The molecule has 2 aromatic carbocycles. The van der Waals surface area contributed by atoms with E-state index >= 15 is 0 Å². The first kappa shape index (κ1) is 22.1. The Hall–Kier alpha value is -2.09. The number of aliphatic hydroxyl groups excluding tert-OH is 1.